The lowest BCUT2D eigenvalue weighted by molar-refractivity contribution is 0.414. The van der Waals surface area contributed by atoms with Crippen LogP contribution in [-0.4, -0.2) is 30.6 Å². The standard InChI is InChI=1S/C35H31N3O2/c1-24-10-5-7-12-30(24)37-34(26-16-20-28(39-3)21-17-26)32-14-9-15-33(36-32)35(27-18-22-29(40-4)23-19-27)38-31-13-8-6-11-25(31)2/h5-23H,1-4H3. The number of benzene rings is 4. The highest BCUT2D eigenvalue weighted by Crippen LogP contribution is 2.25. The van der Waals surface area contributed by atoms with E-state index in [1.54, 1.807) is 14.2 Å². The van der Waals surface area contributed by atoms with Gasteiger partial charge in [0.15, 0.2) is 0 Å². The van der Waals surface area contributed by atoms with Crippen LogP contribution in [0.15, 0.2) is 125 Å². The molecule has 5 nitrogen and oxygen atoms in total. The van der Waals surface area contributed by atoms with Gasteiger partial charge in [-0.25, -0.2) is 15.0 Å². The van der Waals surface area contributed by atoms with E-state index in [-0.39, 0.29) is 0 Å². The minimum Gasteiger partial charge on any atom is -0.497 e. The van der Waals surface area contributed by atoms with Gasteiger partial charge >= 0.3 is 0 Å². The van der Waals surface area contributed by atoms with E-state index in [2.05, 4.69) is 26.0 Å². The first-order valence-electron chi connectivity index (χ1n) is 13.1. The van der Waals surface area contributed by atoms with Crippen molar-refractivity contribution in [3.8, 4) is 11.5 Å². The van der Waals surface area contributed by atoms with Crippen LogP contribution in [0, 0.1) is 13.8 Å². The smallest absolute Gasteiger partial charge is 0.118 e. The summed E-state index contributed by atoms with van der Waals surface area (Å²) in [6, 6.07) is 38.0. The quantitative estimate of drug-likeness (QED) is 0.193. The Labute approximate surface area is 235 Å². The van der Waals surface area contributed by atoms with Crippen molar-refractivity contribution in [1.29, 1.82) is 0 Å². The van der Waals surface area contributed by atoms with Crippen LogP contribution >= 0.6 is 0 Å². The van der Waals surface area contributed by atoms with Gasteiger partial charge in [-0.15, -0.1) is 0 Å². The number of para-hydroxylation sites is 2. The number of methoxy groups -OCH3 is 2. The van der Waals surface area contributed by atoms with Crippen LogP contribution in [0.5, 0.6) is 11.5 Å². The van der Waals surface area contributed by atoms with Crippen molar-refractivity contribution in [2.75, 3.05) is 14.2 Å². The molecule has 0 amide bonds. The molecule has 1 heterocycles. The third-order valence-corrected chi connectivity index (χ3v) is 6.66. The van der Waals surface area contributed by atoms with Crippen molar-refractivity contribution in [2.45, 2.75) is 13.8 Å². The summed E-state index contributed by atoms with van der Waals surface area (Å²) in [6.45, 7) is 4.12. The van der Waals surface area contributed by atoms with Gasteiger partial charge in [0.25, 0.3) is 0 Å². The fourth-order valence-corrected chi connectivity index (χ4v) is 4.35. The van der Waals surface area contributed by atoms with Crippen molar-refractivity contribution in [3.05, 3.63) is 149 Å². The molecule has 0 aliphatic heterocycles. The van der Waals surface area contributed by atoms with Crippen LogP contribution in [-0.2, 0) is 0 Å². The number of ether oxygens (including phenoxy) is 2. The van der Waals surface area contributed by atoms with Crippen LogP contribution in [0.25, 0.3) is 0 Å². The molecular weight excluding hydrogens is 494 g/mol. The first kappa shape index (κ1) is 26.6. The Balaban J connectivity index is 1.68. The zero-order valence-corrected chi connectivity index (χ0v) is 23.1. The minimum atomic E-state index is 0.747. The highest BCUT2D eigenvalue weighted by atomic mass is 16.5. The summed E-state index contributed by atoms with van der Waals surface area (Å²) in [7, 11) is 3.33. The number of nitrogens with zero attached hydrogens (tertiary/aromatic N) is 3. The maximum absolute atomic E-state index is 5.39. The maximum Gasteiger partial charge on any atom is 0.118 e. The summed E-state index contributed by atoms with van der Waals surface area (Å²) >= 11 is 0. The lowest BCUT2D eigenvalue weighted by Crippen LogP contribution is -2.12. The van der Waals surface area contributed by atoms with E-state index < -0.39 is 0 Å². The topological polar surface area (TPSA) is 56.1 Å². The largest absolute Gasteiger partial charge is 0.497 e. The summed E-state index contributed by atoms with van der Waals surface area (Å²) in [4.78, 5) is 15.3. The predicted molar refractivity (Wildman–Crippen MR) is 163 cm³/mol. The molecule has 0 atom stereocenters. The molecule has 0 saturated carbocycles. The minimum absolute atomic E-state index is 0.747. The molecule has 0 spiro atoms. The molecule has 0 saturated heterocycles. The van der Waals surface area contributed by atoms with E-state index in [9.17, 15) is 0 Å². The molecule has 5 rings (SSSR count). The highest BCUT2D eigenvalue weighted by molar-refractivity contribution is 6.16. The van der Waals surface area contributed by atoms with E-state index in [1.165, 1.54) is 0 Å². The lowest BCUT2D eigenvalue weighted by Gasteiger charge is -2.13. The number of hydrogen-bond donors (Lipinski definition) is 0. The number of hydrogen-bond acceptors (Lipinski definition) is 5. The van der Waals surface area contributed by atoms with E-state index in [1.807, 2.05) is 103 Å². The van der Waals surface area contributed by atoms with E-state index in [4.69, 9.17) is 24.4 Å². The van der Waals surface area contributed by atoms with Crippen molar-refractivity contribution in [2.24, 2.45) is 9.98 Å². The second-order valence-electron chi connectivity index (χ2n) is 9.36. The second kappa shape index (κ2) is 12.2. The number of pyridine rings is 1. The summed E-state index contributed by atoms with van der Waals surface area (Å²) in [5, 5.41) is 0. The van der Waals surface area contributed by atoms with E-state index >= 15 is 0 Å². The summed E-state index contributed by atoms with van der Waals surface area (Å²) < 4.78 is 10.8. The van der Waals surface area contributed by atoms with E-state index in [0.29, 0.717) is 0 Å². The lowest BCUT2D eigenvalue weighted by atomic mass is 10.0. The van der Waals surface area contributed by atoms with Crippen LogP contribution < -0.4 is 9.47 Å². The SMILES string of the molecule is COc1ccc(C(=Nc2ccccc2C)c2cccc(C(=Nc3ccccc3C)c3ccc(OC)cc3)n2)cc1. The maximum atomic E-state index is 5.39. The van der Waals surface area contributed by atoms with Gasteiger partial charge in [0.2, 0.25) is 0 Å². The molecule has 0 fully saturated rings. The monoisotopic (exact) mass is 525 g/mol. The van der Waals surface area contributed by atoms with Gasteiger partial charge in [0.05, 0.1) is 48.4 Å². The number of rotatable bonds is 8. The summed E-state index contributed by atoms with van der Waals surface area (Å²) in [5.74, 6) is 1.57. The Morgan fingerprint density at radius 3 is 1.27 bits per heavy atom. The second-order valence-corrected chi connectivity index (χ2v) is 9.36. The van der Waals surface area contributed by atoms with Gasteiger partial charge in [-0.1, -0.05) is 42.5 Å². The average Bonchev–Trinajstić information content (AvgIpc) is 3.00. The molecule has 0 aliphatic rings. The van der Waals surface area contributed by atoms with Gasteiger partial charge in [-0.2, -0.15) is 0 Å². The van der Waals surface area contributed by atoms with Crippen LogP contribution in [0.3, 0.4) is 0 Å². The Kier molecular flexibility index (Phi) is 8.12. The molecule has 5 heteroatoms. The number of aliphatic imine (C=N–C) groups is 2. The molecule has 1 aromatic heterocycles. The molecular formula is C35H31N3O2. The van der Waals surface area contributed by atoms with E-state index in [0.717, 1.165) is 67.9 Å². The molecule has 0 aliphatic carbocycles. The summed E-state index contributed by atoms with van der Waals surface area (Å²) in [5.41, 5.74) is 8.87. The Morgan fingerprint density at radius 1 is 0.500 bits per heavy atom. The molecule has 40 heavy (non-hydrogen) atoms. The molecule has 0 unspecified atom stereocenters. The van der Waals surface area contributed by atoms with Gasteiger partial charge < -0.3 is 9.47 Å². The summed E-state index contributed by atoms with van der Waals surface area (Å²) in [6.07, 6.45) is 0. The fourth-order valence-electron chi connectivity index (χ4n) is 4.35. The normalized spacial score (nSPS) is 11.8. The van der Waals surface area contributed by atoms with Crippen LogP contribution in [0.1, 0.15) is 33.6 Å². The van der Waals surface area contributed by atoms with Gasteiger partial charge in [0.1, 0.15) is 11.5 Å². The van der Waals surface area contributed by atoms with Gasteiger partial charge in [-0.3, -0.25) is 0 Å². The first-order valence-corrected chi connectivity index (χ1v) is 13.1. The number of aryl methyl sites for hydroxylation is 2. The zero-order chi connectivity index (χ0) is 27.9. The molecule has 5 aromatic rings. The van der Waals surface area contributed by atoms with Crippen molar-refractivity contribution < 1.29 is 9.47 Å². The molecule has 0 bridgehead atoms. The third kappa shape index (κ3) is 6.00. The third-order valence-electron chi connectivity index (χ3n) is 6.66. The fraction of sp³-hybridized carbons (Fsp3) is 0.114. The zero-order valence-electron chi connectivity index (χ0n) is 23.1. The first-order chi connectivity index (χ1) is 19.6. The number of aromatic nitrogens is 1. The Hall–Kier alpha value is -5.03. The Morgan fingerprint density at radius 2 is 0.900 bits per heavy atom. The predicted octanol–water partition coefficient (Wildman–Crippen LogP) is 8.05. The molecule has 198 valence electrons. The van der Waals surface area contributed by atoms with Gasteiger partial charge in [-0.05, 0) is 97.8 Å². The molecule has 4 aromatic carbocycles. The van der Waals surface area contributed by atoms with Crippen molar-refractivity contribution in [1.82, 2.24) is 4.98 Å². The van der Waals surface area contributed by atoms with Crippen LogP contribution in [0.2, 0.25) is 0 Å². The van der Waals surface area contributed by atoms with Crippen LogP contribution in [0.4, 0.5) is 11.4 Å². The molecule has 0 radical (unpaired) electrons. The van der Waals surface area contributed by atoms with Gasteiger partial charge in [0, 0.05) is 11.1 Å². The highest BCUT2D eigenvalue weighted by Gasteiger charge is 2.15. The van der Waals surface area contributed by atoms with Crippen molar-refractivity contribution in [3.63, 3.8) is 0 Å². The van der Waals surface area contributed by atoms with Crippen molar-refractivity contribution >= 4 is 22.8 Å². The molecule has 0 N–H and O–H groups in total. The Bertz CT molecular complexity index is 1550. The average molecular weight is 526 g/mol.